The zero-order valence-electron chi connectivity index (χ0n) is 19.7. The van der Waals surface area contributed by atoms with Crippen LogP contribution in [0.5, 0.6) is 11.6 Å². The Balaban J connectivity index is 1.41. The number of methoxy groups -OCH3 is 1. The van der Waals surface area contributed by atoms with Gasteiger partial charge in [-0.2, -0.15) is 4.98 Å². The van der Waals surface area contributed by atoms with Crippen molar-refractivity contribution in [2.24, 2.45) is 0 Å². The molecule has 8 nitrogen and oxygen atoms in total. The number of imidazole rings is 1. The van der Waals surface area contributed by atoms with Gasteiger partial charge in [0.25, 0.3) is 0 Å². The topological polar surface area (TPSA) is 77.3 Å². The molecule has 3 heterocycles. The van der Waals surface area contributed by atoms with Gasteiger partial charge in [-0.15, -0.1) is 0 Å². The number of nitrogens with one attached hydrogen (secondary N) is 1. The molecule has 35 heavy (non-hydrogen) atoms. The van der Waals surface area contributed by atoms with Crippen molar-refractivity contribution in [2.75, 3.05) is 32.2 Å². The molecule has 4 aromatic rings. The summed E-state index contributed by atoms with van der Waals surface area (Å²) in [6.07, 6.45) is 5.17. The number of nitrogens with zero attached hydrogens (tertiary/aromatic N) is 5. The summed E-state index contributed by atoms with van der Waals surface area (Å²) in [4.78, 5) is 15.5. The van der Waals surface area contributed by atoms with E-state index in [1.165, 1.54) is 0 Å². The highest BCUT2D eigenvalue weighted by molar-refractivity contribution is 5.62. The maximum Gasteiger partial charge on any atom is 0.230 e. The standard InChI is InChI=1S/C26H27FN6O2/c1-18-14-33(17-29-18)22-9-8-21(12-23(22)34-2)30-26-28-13-20-15-32(11-10-27)16-24(35-25(20)31-26)19-6-4-3-5-7-19/h3-9,12-14,17,24H,10-11,15-16H2,1-2H3,(H,28,30,31). The second-order valence-corrected chi connectivity index (χ2v) is 8.40. The third-order valence-corrected chi connectivity index (χ3v) is 5.89. The van der Waals surface area contributed by atoms with E-state index in [4.69, 9.17) is 9.47 Å². The number of aromatic nitrogens is 4. The molecule has 0 saturated heterocycles. The Kier molecular flexibility index (Phi) is 6.58. The number of anilines is 2. The minimum Gasteiger partial charge on any atom is -0.494 e. The predicted molar refractivity (Wildman–Crippen MR) is 131 cm³/mol. The van der Waals surface area contributed by atoms with E-state index >= 15 is 0 Å². The van der Waals surface area contributed by atoms with Crippen molar-refractivity contribution in [3.63, 3.8) is 0 Å². The fourth-order valence-electron chi connectivity index (χ4n) is 4.16. The summed E-state index contributed by atoms with van der Waals surface area (Å²) in [5.74, 6) is 1.59. The Hall–Kier alpha value is -3.98. The van der Waals surface area contributed by atoms with Crippen LogP contribution in [-0.4, -0.2) is 51.3 Å². The van der Waals surface area contributed by atoms with E-state index in [0.717, 1.165) is 28.2 Å². The Morgan fingerprint density at radius 3 is 2.77 bits per heavy atom. The Bertz CT molecular complexity index is 1300. The second kappa shape index (κ2) is 10.1. The fraction of sp³-hybridized carbons (Fsp3) is 0.269. The summed E-state index contributed by atoms with van der Waals surface area (Å²) in [6.45, 7) is 2.94. The first-order valence-electron chi connectivity index (χ1n) is 11.4. The highest BCUT2D eigenvalue weighted by Gasteiger charge is 2.26. The molecule has 0 aliphatic carbocycles. The zero-order valence-corrected chi connectivity index (χ0v) is 19.7. The first kappa shape index (κ1) is 22.8. The molecule has 2 aromatic heterocycles. The monoisotopic (exact) mass is 474 g/mol. The lowest BCUT2D eigenvalue weighted by atomic mass is 10.1. The number of hydrogen-bond acceptors (Lipinski definition) is 7. The minimum absolute atomic E-state index is 0.259. The molecular formula is C26H27FN6O2. The van der Waals surface area contributed by atoms with Gasteiger partial charge in [-0.05, 0) is 24.6 Å². The van der Waals surface area contributed by atoms with E-state index in [2.05, 4.69) is 20.3 Å². The van der Waals surface area contributed by atoms with Crippen LogP contribution in [0, 0.1) is 6.92 Å². The van der Waals surface area contributed by atoms with Gasteiger partial charge in [0, 0.05) is 49.3 Å². The van der Waals surface area contributed by atoms with Crippen LogP contribution in [0.15, 0.2) is 67.3 Å². The zero-order chi connectivity index (χ0) is 24.2. The van der Waals surface area contributed by atoms with Crippen LogP contribution >= 0.6 is 0 Å². The molecular weight excluding hydrogens is 447 g/mol. The molecule has 0 spiro atoms. The summed E-state index contributed by atoms with van der Waals surface area (Å²) in [5, 5.41) is 3.24. The highest BCUT2D eigenvalue weighted by atomic mass is 19.1. The van der Waals surface area contributed by atoms with Crippen molar-refractivity contribution in [1.29, 1.82) is 0 Å². The minimum atomic E-state index is -0.423. The molecule has 9 heteroatoms. The lowest BCUT2D eigenvalue weighted by Gasteiger charge is -2.22. The van der Waals surface area contributed by atoms with E-state index in [-0.39, 0.29) is 6.10 Å². The van der Waals surface area contributed by atoms with Crippen LogP contribution in [0.1, 0.15) is 22.9 Å². The van der Waals surface area contributed by atoms with Crippen LogP contribution in [-0.2, 0) is 6.54 Å². The number of fused-ring (bicyclic) bond motifs is 1. The van der Waals surface area contributed by atoms with Gasteiger partial charge in [0.05, 0.1) is 24.8 Å². The number of halogens is 1. The summed E-state index contributed by atoms with van der Waals surface area (Å²) < 4.78 is 27.0. The number of benzene rings is 2. The number of aryl methyl sites for hydroxylation is 1. The molecule has 180 valence electrons. The lowest BCUT2D eigenvalue weighted by Crippen LogP contribution is -2.30. The van der Waals surface area contributed by atoms with Gasteiger partial charge in [0.2, 0.25) is 11.8 Å². The van der Waals surface area contributed by atoms with Gasteiger partial charge in [0.15, 0.2) is 0 Å². The number of ether oxygens (including phenoxy) is 2. The third-order valence-electron chi connectivity index (χ3n) is 5.89. The fourth-order valence-corrected chi connectivity index (χ4v) is 4.16. The average Bonchev–Trinajstić information content (AvgIpc) is 3.22. The molecule has 1 atom stereocenters. The molecule has 1 unspecified atom stereocenters. The molecule has 1 aliphatic heterocycles. The number of alkyl halides is 1. The summed E-state index contributed by atoms with van der Waals surface area (Å²) in [5.41, 5.74) is 4.42. The summed E-state index contributed by atoms with van der Waals surface area (Å²) in [6, 6.07) is 15.7. The molecule has 0 bridgehead atoms. The van der Waals surface area contributed by atoms with Crippen LogP contribution in [0.2, 0.25) is 0 Å². The van der Waals surface area contributed by atoms with Crippen molar-refractivity contribution >= 4 is 11.6 Å². The van der Waals surface area contributed by atoms with Gasteiger partial charge < -0.3 is 19.4 Å². The van der Waals surface area contributed by atoms with E-state index < -0.39 is 6.67 Å². The van der Waals surface area contributed by atoms with Crippen LogP contribution < -0.4 is 14.8 Å². The molecule has 0 fully saturated rings. The largest absolute Gasteiger partial charge is 0.494 e. The molecule has 0 saturated carbocycles. The SMILES string of the molecule is COc1cc(Nc2ncc3c(n2)OC(c2ccccc2)CN(CCF)C3)ccc1-n1cnc(C)c1. The average molecular weight is 475 g/mol. The molecule has 2 aromatic carbocycles. The summed E-state index contributed by atoms with van der Waals surface area (Å²) >= 11 is 0. The first-order valence-corrected chi connectivity index (χ1v) is 11.4. The smallest absolute Gasteiger partial charge is 0.230 e. The maximum atomic E-state index is 13.2. The van der Waals surface area contributed by atoms with E-state index in [9.17, 15) is 4.39 Å². The highest BCUT2D eigenvalue weighted by Crippen LogP contribution is 2.32. The van der Waals surface area contributed by atoms with Crippen molar-refractivity contribution < 1.29 is 13.9 Å². The van der Waals surface area contributed by atoms with E-state index in [1.807, 2.05) is 71.1 Å². The van der Waals surface area contributed by atoms with Crippen LogP contribution in [0.4, 0.5) is 16.0 Å². The van der Waals surface area contributed by atoms with Crippen molar-refractivity contribution in [3.8, 4) is 17.3 Å². The van der Waals surface area contributed by atoms with Gasteiger partial charge in [-0.3, -0.25) is 4.90 Å². The lowest BCUT2D eigenvalue weighted by molar-refractivity contribution is 0.139. The molecule has 1 aliphatic rings. The Labute approximate surface area is 203 Å². The van der Waals surface area contributed by atoms with Gasteiger partial charge >= 0.3 is 0 Å². The van der Waals surface area contributed by atoms with Gasteiger partial charge in [-0.1, -0.05) is 30.3 Å². The molecule has 5 rings (SSSR count). The maximum absolute atomic E-state index is 13.2. The van der Waals surface area contributed by atoms with Crippen LogP contribution in [0.3, 0.4) is 0 Å². The van der Waals surface area contributed by atoms with Crippen molar-refractivity contribution in [3.05, 3.63) is 84.1 Å². The Morgan fingerprint density at radius 2 is 2.03 bits per heavy atom. The quantitative estimate of drug-likeness (QED) is 0.419. The van der Waals surface area contributed by atoms with Crippen molar-refractivity contribution in [1.82, 2.24) is 24.4 Å². The molecule has 1 N–H and O–H groups in total. The number of rotatable bonds is 7. The predicted octanol–water partition coefficient (Wildman–Crippen LogP) is 4.63. The van der Waals surface area contributed by atoms with E-state index in [1.54, 1.807) is 19.6 Å². The third kappa shape index (κ3) is 5.09. The molecule has 0 amide bonds. The van der Waals surface area contributed by atoms with Gasteiger partial charge in [-0.25, -0.2) is 14.4 Å². The number of hydrogen-bond donors (Lipinski definition) is 1. The van der Waals surface area contributed by atoms with Gasteiger partial charge in [0.1, 0.15) is 18.5 Å². The first-order chi connectivity index (χ1) is 17.1. The summed E-state index contributed by atoms with van der Waals surface area (Å²) in [7, 11) is 1.63. The van der Waals surface area contributed by atoms with E-state index in [0.29, 0.717) is 37.2 Å². The van der Waals surface area contributed by atoms with Crippen molar-refractivity contribution in [2.45, 2.75) is 19.6 Å². The van der Waals surface area contributed by atoms with Crippen LogP contribution in [0.25, 0.3) is 5.69 Å². The Morgan fingerprint density at radius 1 is 1.17 bits per heavy atom. The normalized spacial score (nSPS) is 15.7. The molecule has 0 radical (unpaired) electrons. The second-order valence-electron chi connectivity index (χ2n) is 8.40.